The molecule has 1 aliphatic heterocycles. The Morgan fingerprint density at radius 1 is 1.00 bits per heavy atom. The number of rotatable bonds is 4. The Hall–Kier alpha value is -2.05. The second kappa shape index (κ2) is 6.59. The van der Waals surface area contributed by atoms with Gasteiger partial charge in [-0.25, -0.2) is 8.42 Å². The van der Waals surface area contributed by atoms with Gasteiger partial charge in [0.2, 0.25) is 10.0 Å². The fraction of sp³-hybridized carbons (Fsp3) is 0.400. The van der Waals surface area contributed by atoms with Crippen molar-refractivity contribution in [2.45, 2.75) is 37.6 Å². The highest BCUT2D eigenvalue weighted by Crippen LogP contribution is 2.41. The first-order chi connectivity index (χ1) is 12.2. The van der Waals surface area contributed by atoms with Crippen molar-refractivity contribution in [1.82, 2.24) is 4.31 Å². The van der Waals surface area contributed by atoms with Gasteiger partial charge in [0.25, 0.3) is 0 Å². The van der Waals surface area contributed by atoms with Crippen LogP contribution >= 0.6 is 0 Å². The van der Waals surface area contributed by atoms with Gasteiger partial charge in [0, 0.05) is 18.5 Å². The molecule has 0 N–H and O–H groups in total. The minimum atomic E-state index is -3.57. The van der Waals surface area contributed by atoms with E-state index in [1.165, 1.54) is 0 Å². The predicted octanol–water partition coefficient (Wildman–Crippen LogP) is 3.49. The van der Waals surface area contributed by atoms with Crippen molar-refractivity contribution in [3.63, 3.8) is 0 Å². The topological polar surface area (TPSA) is 55.8 Å². The van der Waals surface area contributed by atoms with Gasteiger partial charge < -0.3 is 9.47 Å². The molecule has 140 valence electrons. The largest absolute Gasteiger partial charge is 0.493 e. The highest BCUT2D eigenvalue weighted by Gasteiger charge is 2.38. The van der Waals surface area contributed by atoms with Gasteiger partial charge in [-0.3, -0.25) is 0 Å². The smallest absolute Gasteiger partial charge is 0.243 e. The first-order valence-corrected chi connectivity index (χ1v) is 9.95. The molecule has 0 atom stereocenters. The number of hydrogen-bond acceptors (Lipinski definition) is 4. The number of fused-ring (bicyclic) bond motifs is 1. The van der Waals surface area contributed by atoms with Crippen LogP contribution in [0.3, 0.4) is 0 Å². The fourth-order valence-corrected chi connectivity index (χ4v) is 5.06. The summed E-state index contributed by atoms with van der Waals surface area (Å²) in [7, 11) is -0.379. The second-order valence-corrected chi connectivity index (χ2v) is 9.27. The molecule has 0 unspecified atom stereocenters. The van der Waals surface area contributed by atoms with Crippen molar-refractivity contribution in [3.8, 4) is 11.5 Å². The van der Waals surface area contributed by atoms with Crippen molar-refractivity contribution in [2.75, 3.05) is 20.8 Å². The lowest BCUT2D eigenvalue weighted by Crippen LogP contribution is -2.45. The Kier molecular flexibility index (Phi) is 4.75. The summed E-state index contributed by atoms with van der Waals surface area (Å²) in [6.45, 7) is 6.76. The molecule has 0 saturated heterocycles. The molecule has 0 saturated carbocycles. The Labute approximate surface area is 155 Å². The summed E-state index contributed by atoms with van der Waals surface area (Å²) in [6.07, 6.45) is 0. The summed E-state index contributed by atoms with van der Waals surface area (Å²) < 4.78 is 38.6. The van der Waals surface area contributed by atoms with E-state index >= 15 is 0 Å². The zero-order valence-electron chi connectivity index (χ0n) is 15.9. The van der Waals surface area contributed by atoms with Crippen LogP contribution < -0.4 is 9.47 Å². The maximum atomic E-state index is 13.1. The molecule has 3 rings (SSSR count). The third-order valence-corrected chi connectivity index (χ3v) is 6.72. The number of methoxy groups -OCH3 is 2. The van der Waals surface area contributed by atoms with Gasteiger partial charge in [0.05, 0.1) is 19.1 Å². The minimum Gasteiger partial charge on any atom is -0.493 e. The van der Waals surface area contributed by atoms with Crippen molar-refractivity contribution >= 4 is 10.0 Å². The van der Waals surface area contributed by atoms with Crippen molar-refractivity contribution in [2.24, 2.45) is 0 Å². The summed E-state index contributed by atoms with van der Waals surface area (Å²) in [5.41, 5.74) is 2.72. The quantitative estimate of drug-likeness (QED) is 0.821. The number of benzene rings is 2. The molecule has 5 nitrogen and oxygen atoms in total. The highest BCUT2D eigenvalue weighted by atomic mass is 32.2. The van der Waals surface area contributed by atoms with Gasteiger partial charge in [-0.05, 0) is 42.3 Å². The first kappa shape index (κ1) is 18.7. The molecule has 6 heteroatoms. The van der Waals surface area contributed by atoms with E-state index in [-0.39, 0.29) is 5.41 Å². The Morgan fingerprint density at radius 2 is 1.58 bits per heavy atom. The average Bonchev–Trinajstić information content (AvgIpc) is 2.60. The molecule has 1 heterocycles. The van der Waals surface area contributed by atoms with E-state index in [1.807, 2.05) is 31.2 Å². The summed E-state index contributed by atoms with van der Waals surface area (Å²) in [5.74, 6) is 1.27. The van der Waals surface area contributed by atoms with Gasteiger partial charge in [0.1, 0.15) is 0 Å². The van der Waals surface area contributed by atoms with Crippen LogP contribution in [0, 0.1) is 6.92 Å². The van der Waals surface area contributed by atoms with Gasteiger partial charge in [-0.2, -0.15) is 4.31 Å². The summed E-state index contributed by atoms with van der Waals surface area (Å²) in [6, 6.07) is 10.8. The first-order valence-electron chi connectivity index (χ1n) is 8.51. The van der Waals surface area contributed by atoms with E-state index in [2.05, 4.69) is 13.8 Å². The molecule has 2 aromatic rings. The molecule has 0 aromatic heterocycles. The predicted molar refractivity (Wildman–Crippen MR) is 101 cm³/mol. The normalized spacial score (nSPS) is 16.8. The molecular weight excluding hydrogens is 350 g/mol. The number of nitrogens with zero attached hydrogens (tertiary/aromatic N) is 1. The van der Waals surface area contributed by atoms with Crippen molar-refractivity contribution < 1.29 is 17.9 Å². The molecule has 0 bridgehead atoms. The zero-order chi connectivity index (χ0) is 19.1. The van der Waals surface area contributed by atoms with Crippen LogP contribution in [-0.2, 0) is 22.0 Å². The molecule has 1 aliphatic rings. The van der Waals surface area contributed by atoms with Gasteiger partial charge in [0.15, 0.2) is 11.5 Å². The third-order valence-electron chi connectivity index (χ3n) is 4.92. The third kappa shape index (κ3) is 3.19. The maximum absolute atomic E-state index is 13.1. The van der Waals surface area contributed by atoms with E-state index < -0.39 is 10.0 Å². The molecule has 0 fully saturated rings. The minimum absolute atomic E-state index is 0.315. The van der Waals surface area contributed by atoms with E-state index in [4.69, 9.17) is 9.47 Å². The van der Waals surface area contributed by atoms with E-state index in [0.29, 0.717) is 29.5 Å². The summed E-state index contributed by atoms with van der Waals surface area (Å²) >= 11 is 0. The number of aryl methyl sites for hydroxylation is 1. The molecule has 0 amide bonds. The van der Waals surface area contributed by atoms with Crippen LogP contribution in [0.4, 0.5) is 0 Å². The average molecular weight is 375 g/mol. The number of sulfonamides is 1. The van der Waals surface area contributed by atoms with E-state index in [9.17, 15) is 8.42 Å². The molecule has 26 heavy (non-hydrogen) atoms. The lowest BCUT2D eigenvalue weighted by Gasteiger charge is -2.39. The van der Waals surface area contributed by atoms with E-state index in [1.54, 1.807) is 30.7 Å². The Morgan fingerprint density at radius 3 is 2.15 bits per heavy atom. The molecular formula is C20H25NO4S. The maximum Gasteiger partial charge on any atom is 0.243 e. The zero-order valence-corrected chi connectivity index (χ0v) is 16.7. The molecule has 0 radical (unpaired) electrons. The van der Waals surface area contributed by atoms with Crippen LogP contribution in [-0.4, -0.2) is 33.5 Å². The Bertz CT molecular complexity index is 918. The van der Waals surface area contributed by atoms with Gasteiger partial charge in [-0.15, -0.1) is 0 Å². The summed E-state index contributed by atoms with van der Waals surface area (Å²) in [4.78, 5) is 0.322. The van der Waals surface area contributed by atoms with Gasteiger partial charge in [-0.1, -0.05) is 31.5 Å². The van der Waals surface area contributed by atoms with Crippen LogP contribution in [0.25, 0.3) is 0 Å². The van der Waals surface area contributed by atoms with E-state index in [0.717, 1.165) is 16.7 Å². The Balaban J connectivity index is 2.05. The fourth-order valence-electron chi connectivity index (χ4n) is 3.48. The van der Waals surface area contributed by atoms with Crippen LogP contribution in [0.1, 0.15) is 30.5 Å². The number of ether oxygens (including phenoxy) is 2. The van der Waals surface area contributed by atoms with Crippen LogP contribution in [0.15, 0.2) is 41.3 Å². The van der Waals surface area contributed by atoms with Crippen molar-refractivity contribution in [3.05, 3.63) is 53.1 Å². The van der Waals surface area contributed by atoms with Crippen LogP contribution in [0.5, 0.6) is 11.5 Å². The molecule has 2 aromatic carbocycles. The number of hydrogen-bond donors (Lipinski definition) is 0. The highest BCUT2D eigenvalue weighted by molar-refractivity contribution is 7.89. The molecule has 0 aliphatic carbocycles. The summed E-state index contributed by atoms with van der Waals surface area (Å²) in [5, 5.41) is 0. The van der Waals surface area contributed by atoms with Crippen LogP contribution in [0.2, 0.25) is 0 Å². The second-order valence-electron chi connectivity index (χ2n) is 7.33. The SMILES string of the molecule is COc1cc2c(cc1OC)C(C)(C)CN(S(=O)(=O)c1ccc(C)cc1)C2. The monoisotopic (exact) mass is 375 g/mol. The van der Waals surface area contributed by atoms with Gasteiger partial charge >= 0.3 is 0 Å². The van der Waals surface area contributed by atoms with Crippen molar-refractivity contribution in [1.29, 1.82) is 0 Å². The lowest BCUT2D eigenvalue weighted by atomic mass is 9.79. The molecule has 0 spiro atoms. The lowest BCUT2D eigenvalue weighted by molar-refractivity contribution is 0.294. The standard InChI is InChI=1S/C20H25NO4S/c1-14-6-8-16(9-7-14)26(22,23)21-12-15-10-18(24-4)19(25-5)11-17(15)20(2,3)13-21/h6-11H,12-13H2,1-5H3.